The Labute approximate surface area is 191 Å². The first-order chi connectivity index (χ1) is 16.2. The van der Waals surface area contributed by atoms with Crippen LogP contribution in [0.3, 0.4) is 0 Å². The van der Waals surface area contributed by atoms with Gasteiger partial charge in [-0.25, -0.2) is 9.97 Å². The lowest BCUT2D eigenvalue weighted by Crippen LogP contribution is -2.47. The summed E-state index contributed by atoms with van der Waals surface area (Å²) in [5.74, 6) is 1.30. The molecule has 0 N–H and O–H groups in total. The number of fused-ring (bicyclic) bond motifs is 4. The summed E-state index contributed by atoms with van der Waals surface area (Å²) in [5, 5.41) is 0. The number of anilines is 2. The second-order valence-corrected chi connectivity index (χ2v) is 8.36. The average Bonchev–Trinajstić information content (AvgIpc) is 3.61. The van der Waals surface area contributed by atoms with Crippen molar-refractivity contribution in [1.29, 1.82) is 0 Å². The van der Waals surface area contributed by atoms with Crippen LogP contribution in [-0.4, -0.2) is 57.8 Å². The Balaban J connectivity index is 1.37. The Morgan fingerprint density at radius 3 is 2.91 bits per heavy atom. The number of amides is 1. The lowest BCUT2D eigenvalue weighted by molar-refractivity contribution is -0.118. The number of nitrogens with zero attached hydrogens (tertiary/aromatic N) is 7. The molecule has 0 spiro atoms. The summed E-state index contributed by atoms with van der Waals surface area (Å²) in [6.45, 7) is 4.23. The average molecular weight is 441 g/mol. The third-order valence-corrected chi connectivity index (χ3v) is 6.24. The number of hydrogen-bond donors (Lipinski definition) is 0. The van der Waals surface area contributed by atoms with Gasteiger partial charge in [0.2, 0.25) is 11.8 Å². The molecule has 1 unspecified atom stereocenters. The van der Waals surface area contributed by atoms with Gasteiger partial charge in [-0.3, -0.25) is 24.7 Å². The fourth-order valence-corrected chi connectivity index (χ4v) is 4.64. The van der Waals surface area contributed by atoms with Gasteiger partial charge in [0.1, 0.15) is 6.04 Å². The standard InChI is InChI=1S/C24H23N7O2/c1-2-33-24-18(20-13-27-20)9-15(11-28-24)19-3-4-21-23(29-19)31(17-5-8-30(21)14-17)22(32)10-16-12-25-6-7-26-16/h3-4,6-7,9,11-13,17,20H,2,5,8,10,14H2,1H3/t17-,20?/m0/s1. The van der Waals surface area contributed by atoms with Gasteiger partial charge in [-0.15, -0.1) is 0 Å². The first-order valence-electron chi connectivity index (χ1n) is 11.2. The van der Waals surface area contributed by atoms with E-state index in [0.29, 0.717) is 24.0 Å². The lowest BCUT2D eigenvalue weighted by atomic mass is 10.1. The van der Waals surface area contributed by atoms with Gasteiger partial charge in [-0.1, -0.05) is 0 Å². The molecule has 2 atom stereocenters. The molecule has 33 heavy (non-hydrogen) atoms. The fraction of sp³-hybridized carbons (Fsp3) is 0.333. The van der Waals surface area contributed by atoms with Crippen LogP contribution >= 0.6 is 0 Å². The highest BCUT2D eigenvalue weighted by molar-refractivity contribution is 5.99. The molecule has 3 aromatic rings. The van der Waals surface area contributed by atoms with Crippen molar-refractivity contribution < 1.29 is 9.53 Å². The van der Waals surface area contributed by atoms with Crippen LogP contribution in [0.25, 0.3) is 11.3 Å². The normalized spacial score (nSPS) is 20.0. The van der Waals surface area contributed by atoms with Gasteiger partial charge in [0, 0.05) is 55.2 Å². The minimum atomic E-state index is -0.00941. The third kappa shape index (κ3) is 3.59. The highest BCUT2D eigenvalue weighted by Crippen LogP contribution is 2.41. The molecular formula is C24H23N7O2. The Hall–Kier alpha value is -3.88. The van der Waals surface area contributed by atoms with E-state index in [4.69, 9.17) is 9.72 Å². The summed E-state index contributed by atoms with van der Waals surface area (Å²) < 4.78 is 5.68. The maximum atomic E-state index is 13.4. The molecule has 6 heterocycles. The van der Waals surface area contributed by atoms with Gasteiger partial charge in [-0.2, -0.15) is 0 Å². The van der Waals surface area contributed by atoms with Gasteiger partial charge in [-0.05, 0) is 31.5 Å². The van der Waals surface area contributed by atoms with Crippen molar-refractivity contribution in [3.05, 3.63) is 54.2 Å². The Bertz CT molecular complexity index is 1240. The first-order valence-corrected chi connectivity index (χ1v) is 11.2. The molecule has 0 saturated carbocycles. The number of carbonyl (C=O) groups excluding carboxylic acids is 1. The van der Waals surface area contributed by atoms with Crippen molar-refractivity contribution in [3.8, 4) is 17.1 Å². The number of pyridine rings is 2. The Morgan fingerprint density at radius 1 is 1.21 bits per heavy atom. The summed E-state index contributed by atoms with van der Waals surface area (Å²) in [6.07, 6.45) is 9.63. The van der Waals surface area contributed by atoms with E-state index < -0.39 is 0 Å². The maximum Gasteiger partial charge on any atom is 0.234 e. The minimum Gasteiger partial charge on any atom is -0.478 e. The van der Waals surface area contributed by atoms with Crippen LogP contribution in [0.15, 0.2) is 48.0 Å². The Morgan fingerprint density at radius 2 is 2.12 bits per heavy atom. The monoisotopic (exact) mass is 441 g/mol. The van der Waals surface area contributed by atoms with Crippen LogP contribution in [0.5, 0.6) is 5.88 Å². The van der Waals surface area contributed by atoms with Gasteiger partial charge in [0.05, 0.1) is 36.1 Å². The van der Waals surface area contributed by atoms with E-state index >= 15 is 0 Å². The zero-order valence-electron chi connectivity index (χ0n) is 18.3. The molecule has 3 aliphatic rings. The molecule has 166 valence electrons. The molecule has 3 aromatic heterocycles. The number of hydrogen-bond acceptors (Lipinski definition) is 8. The van der Waals surface area contributed by atoms with Crippen molar-refractivity contribution in [2.75, 3.05) is 29.5 Å². The molecular weight excluding hydrogens is 418 g/mol. The van der Waals surface area contributed by atoms with Gasteiger partial charge >= 0.3 is 0 Å². The molecule has 0 radical (unpaired) electrons. The zero-order valence-corrected chi connectivity index (χ0v) is 18.3. The number of carbonyl (C=O) groups is 1. The summed E-state index contributed by atoms with van der Waals surface area (Å²) in [4.78, 5) is 39.7. The van der Waals surface area contributed by atoms with E-state index in [1.807, 2.05) is 30.2 Å². The molecule has 0 aromatic carbocycles. The predicted octanol–water partition coefficient (Wildman–Crippen LogP) is 2.63. The topological polar surface area (TPSA) is 96.7 Å². The van der Waals surface area contributed by atoms with Crippen molar-refractivity contribution in [1.82, 2.24) is 19.9 Å². The highest BCUT2D eigenvalue weighted by atomic mass is 16.5. The summed E-state index contributed by atoms with van der Waals surface area (Å²) in [5.41, 5.74) is 4.23. The smallest absolute Gasteiger partial charge is 0.234 e. The molecule has 6 rings (SSSR count). The van der Waals surface area contributed by atoms with Gasteiger partial charge in [0.25, 0.3) is 0 Å². The van der Waals surface area contributed by atoms with Crippen molar-refractivity contribution >= 4 is 23.6 Å². The second kappa shape index (κ2) is 7.91. The molecule has 9 nitrogen and oxygen atoms in total. The highest BCUT2D eigenvalue weighted by Gasteiger charge is 2.40. The third-order valence-electron chi connectivity index (χ3n) is 6.24. The molecule has 3 aliphatic heterocycles. The summed E-state index contributed by atoms with van der Waals surface area (Å²) in [6, 6.07) is 6.22. The van der Waals surface area contributed by atoms with Crippen molar-refractivity contribution in [2.24, 2.45) is 4.99 Å². The van der Waals surface area contributed by atoms with E-state index in [2.05, 4.69) is 30.9 Å². The molecule has 9 heteroatoms. The van der Waals surface area contributed by atoms with Gasteiger partial charge in [0.15, 0.2) is 5.82 Å². The van der Waals surface area contributed by atoms with E-state index in [-0.39, 0.29) is 24.4 Å². The van der Waals surface area contributed by atoms with E-state index in [1.54, 1.807) is 24.8 Å². The lowest BCUT2D eigenvalue weighted by Gasteiger charge is -2.36. The van der Waals surface area contributed by atoms with E-state index in [9.17, 15) is 4.79 Å². The van der Waals surface area contributed by atoms with Crippen LogP contribution in [0.4, 0.5) is 11.5 Å². The number of aromatic nitrogens is 4. The molecule has 1 fully saturated rings. The van der Waals surface area contributed by atoms with E-state index in [1.165, 1.54) is 0 Å². The van der Waals surface area contributed by atoms with Crippen LogP contribution in [0.2, 0.25) is 0 Å². The number of ether oxygens (including phenoxy) is 1. The predicted molar refractivity (Wildman–Crippen MR) is 124 cm³/mol. The SMILES string of the molecule is CCOc1ncc(-c2ccc3c(n2)N(C(=O)Cc2cnccn2)[C@H]2CCN3C2)cc1C1C=N1. The summed E-state index contributed by atoms with van der Waals surface area (Å²) >= 11 is 0. The number of aliphatic imine (C=N–C) groups is 1. The largest absolute Gasteiger partial charge is 0.478 e. The molecule has 2 bridgehead atoms. The van der Waals surface area contributed by atoms with Crippen molar-refractivity contribution in [3.63, 3.8) is 0 Å². The van der Waals surface area contributed by atoms with Crippen molar-refractivity contribution in [2.45, 2.75) is 31.8 Å². The van der Waals surface area contributed by atoms with Crippen LogP contribution in [0, 0.1) is 0 Å². The maximum absolute atomic E-state index is 13.4. The van der Waals surface area contributed by atoms with Crippen LogP contribution in [0.1, 0.15) is 30.6 Å². The number of rotatable bonds is 6. The summed E-state index contributed by atoms with van der Waals surface area (Å²) in [7, 11) is 0. The quantitative estimate of drug-likeness (QED) is 0.580. The van der Waals surface area contributed by atoms with E-state index in [0.717, 1.165) is 42.0 Å². The fourth-order valence-electron chi connectivity index (χ4n) is 4.64. The molecule has 0 aliphatic carbocycles. The molecule has 1 amide bonds. The minimum absolute atomic E-state index is 0.00941. The van der Waals surface area contributed by atoms with Crippen LogP contribution in [-0.2, 0) is 11.2 Å². The zero-order chi connectivity index (χ0) is 22.4. The Kier molecular flexibility index (Phi) is 4.74. The first kappa shape index (κ1) is 19.8. The van der Waals surface area contributed by atoms with Gasteiger partial charge < -0.3 is 9.64 Å². The molecule has 1 saturated heterocycles. The second-order valence-electron chi connectivity index (χ2n) is 8.36. The van der Waals surface area contributed by atoms with Crippen LogP contribution < -0.4 is 14.5 Å².